The number of aryl methyl sites for hydroxylation is 2. The molecule has 94 valence electrons. The molecule has 0 saturated heterocycles. The van der Waals surface area contributed by atoms with Gasteiger partial charge in [0.1, 0.15) is 0 Å². The number of hydrogen-bond donors (Lipinski definition) is 2. The molecule has 5 heteroatoms. The third-order valence-corrected chi connectivity index (χ3v) is 2.78. The van der Waals surface area contributed by atoms with Crippen LogP contribution in [0.15, 0.2) is 24.3 Å². The number of carbonyl (C=O) groups is 1. The fourth-order valence-electron chi connectivity index (χ4n) is 1.66. The van der Waals surface area contributed by atoms with Crippen LogP contribution in [0, 0.1) is 6.92 Å². The number of benzene rings is 1. The third-order valence-electron chi connectivity index (χ3n) is 2.56. The van der Waals surface area contributed by atoms with E-state index in [-0.39, 0.29) is 5.91 Å². The van der Waals surface area contributed by atoms with E-state index in [1.165, 1.54) is 0 Å². The van der Waals surface area contributed by atoms with Crippen molar-refractivity contribution in [3.8, 4) is 0 Å². The Morgan fingerprint density at radius 1 is 1.39 bits per heavy atom. The minimum absolute atomic E-state index is 0.213. The van der Waals surface area contributed by atoms with Gasteiger partial charge in [-0.05, 0) is 37.1 Å². The summed E-state index contributed by atoms with van der Waals surface area (Å²) in [5.74, 6) is 0.309. The largest absolute Gasteiger partial charge is 0.305 e. The number of aromatic nitrogens is 2. The molecule has 2 aromatic rings. The minimum atomic E-state index is -0.213. The van der Waals surface area contributed by atoms with E-state index >= 15 is 0 Å². The van der Waals surface area contributed by atoms with Gasteiger partial charge in [-0.1, -0.05) is 18.5 Å². The summed E-state index contributed by atoms with van der Waals surface area (Å²) in [7, 11) is 0. The Hall–Kier alpha value is -1.81. The molecule has 18 heavy (non-hydrogen) atoms. The van der Waals surface area contributed by atoms with E-state index in [4.69, 9.17) is 11.6 Å². The zero-order valence-corrected chi connectivity index (χ0v) is 11.0. The van der Waals surface area contributed by atoms with Gasteiger partial charge in [-0.3, -0.25) is 9.89 Å². The molecular formula is C13H14ClN3O. The molecule has 1 amide bonds. The molecule has 0 fully saturated rings. The first-order chi connectivity index (χ1) is 8.58. The van der Waals surface area contributed by atoms with Crippen LogP contribution in [0.25, 0.3) is 0 Å². The normalized spacial score (nSPS) is 10.4. The highest BCUT2D eigenvalue weighted by Gasteiger charge is 2.09. The van der Waals surface area contributed by atoms with Crippen LogP contribution >= 0.6 is 11.6 Å². The van der Waals surface area contributed by atoms with Gasteiger partial charge >= 0.3 is 0 Å². The fourth-order valence-corrected chi connectivity index (χ4v) is 1.95. The van der Waals surface area contributed by atoms with Crippen LogP contribution in [0.3, 0.4) is 0 Å². The van der Waals surface area contributed by atoms with Gasteiger partial charge in [-0.25, -0.2) is 0 Å². The number of hydrogen-bond acceptors (Lipinski definition) is 2. The van der Waals surface area contributed by atoms with E-state index in [2.05, 4.69) is 15.5 Å². The molecule has 0 aliphatic heterocycles. The predicted octanol–water partition coefficient (Wildman–Crippen LogP) is 3.19. The highest BCUT2D eigenvalue weighted by molar-refractivity contribution is 6.31. The van der Waals surface area contributed by atoms with Gasteiger partial charge in [0, 0.05) is 22.3 Å². The van der Waals surface area contributed by atoms with Gasteiger partial charge in [-0.2, -0.15) is 5.10 Å². The number of nitrogens with one attached hydrogen (secondary N) is 2. The van der Waals surface area contributed by atoms with Crippen LogP contribution in [0.1, 0.15) is 28.5 Å². The molecule has 0 aliphatic rings. The average molecular weight is 264 g/mol. The number of carbonyl (C=O) groups excluding carboxylic acids is 1. The van der Waals surface area contributed by atoms with Gasteiger partial charge in [0.25, 0.3) is 5.91 Å². The summed E-state index contributed by atoms with van der Waals surface area (Å²) in [4.78, 5) is 12.0. The second-order valence-electron chi connectivity index (χ2n) is 4.10. The van der Waals surface area contributed by atoms with Crippen molar-refractivity contribution in [1.82, 2.24) is 10.2 Å². The first-order valence-corrected chi connectivity index (χ1v) is 6.09. The molecule has 0 spiro atoms. The molecule has 0 unspecified atom stereocenters. The standard InChI is InChI=1S/C13H14ClN3O/c1-3-11-7-12(17-16-11)15-13(18)9-4-8(2)5-10(14)6-9/h4-7H,3H2,1-2H3,(H2,15,16,17,18). The Morgan fingerprint density at radius 3 is 2.78 bits per heavy atom. The molecule has 1 heterocycles. The molecule has 0 aliphatic carbocycles. The van der Waals surface area contributed by atoms with Crippen LogP contribution in [0.4, 0.5) is 5.82 Å². The smallest absolute Gasteiger partial charge is 0.256 e. The summed E-state index contributed by atoms with van der Waals surface area (Å²) >= 11 is 5.92. The zero-order valence-electron chi connectivity index (χ0n) is 10.2. The monoisotopic (exact) mass is 263 g/mol. The second kappa shape index (κ2) is 5.23. The van der Waals surface area contributed by atoms with Crippen LogP contribution in [-0.2, 0) is 6.42 Å². The molecule has 2 rings (SSSR count). The Morgan fingerprint density at radius 2 is 2.17 bits per heavy atom. The number of amides is 1. The van der Waals surface area contributed by atoms with Crippen LogP contribution < -0.4 is 5.32 Å². The third kappa shape index (κ3) is 2.90. The first kappa shape index (κ1) is 12.6. The van der Waals surface area contributed by atoms with Crippen molar-refractivity contribution >= 4 is 23.3 Å². The van der Waals surface area contributed by atoms with Crippen molar-refractivity contribution in [2.45, 2.75) is 20.3 Å². The highest BCUT2D eigenvalue weighted by atomic mass is 35.5. The number of rotatable bonds is 3. The van der Waals surface area contributed by atoms with Crippen molar-refractivity contribution in [3.63, 3.8) is 0 Å². The number of H-pyrrole nitrogens is 1. The maximum absolute atomic E-state index is 12.0. The summed E-state index contributed by atoms with van der Waals surface area (Å²) < 4.78 is 0. The second-order valence-corrected chi connectivity index (χ2v) is 4.54. The first-order valence-electron chi connectivity index (χ1n) is 5.71. The van der Waals surface area contributed by atoms with Gasteiger partial charge in [0.05, 0.1) is 0 Å². The topological polar surface area (TPSA) is 57.8 Å². The Kier molecular flexibility index (Phi) is 3.67. The number of halogens is 1. The number of nitrogens with zero attached hydrogens (tertiary/aromatic N) is 1. The molecule has 1 aromatic heterocycles. The SMILES string of the molecule is CCc1cc(NC(=O)c2cc(C)cc(Cl)c2)n[nH]1. The van der Waals surface area contributed by atoms with E-state index in [1.54, 1.807) is 12.1 Å². The number of aromatic amines is 1. The lowest BCUT2D eigenvalue weighted by Crippen LogP contribution is -2.12. The lowest BCUT2D eigenvalue weighted by molar-refractivity contribution is 0.102. The molecule has 0 saturated carbocycles. The van der Waals surface area contributed by atoms with E-state index in [9.17, 15) is 4.79 Å². The Labute approximate surface area is 110 Å². The van der Waals surface area contributed by atoms with Crippen LogP contribution in [0.5, 0.6) is 0 Å². The summed E-state index contributed by atoms with van der Waals surface area (Å²) in [5.41, 5.74) is 2.46. The summed E-state index contributed by atoms with van der Waals surface area (Å²) in [6.07, 6.45) is 0.846. The zero-order chi connectivity index (χ0) is 13.1. The molecular weight excluding hydrogens is 250 g/mol. The summed E-state index contributed by atoms with van der Waals surface area (Å²) in [6, 6.07) is 7.04. The number of anilines is 1. The van der Waals surface area contributed by atoms with Gasteiger partial charge in [0.15, 0.2) is 5.82 Å². The molecule has 4 nitrogen and oxygen atoms in total. The average Bonchev–Trinajstić information content (AvgIpc) is 2.75. The molecule has 1 aromatic carbocycles. The Balaban J connectivity index is 2.16. The van der Waals surface area contributed by atoms with Crippen molar-refractivity contribution in [3.05, 3.63) is 46.1 Å². The maximum Gasteiger partial charge on any atom is 0.256 e. The van der Waals surface area contributed by atoms with Crippen molar-refractivity contribution < 1.29 is 4.79 Å². The predicted molar refractivity (Wildman–Crippen MR) is 72.1 cm³/mol. The minimum Gasteiger partial charge on any atom is -0.305 e. The van der Waals surface area contributed by atoms with Gasteiger partial charge in [-0.15, -0.1) is 0 Å². The van der Waals surface area contributed by atoms with Gasteiger partial charge in [0.2, 0.25) is 0 Å². The maximum atomic E-state index is 12.0. The van der Waals surface area contributed by atoms with Gasteiger partial charge < -0.3 is 5.32 Å². The van der Waals surface area contributed by atoms with E-state index in [1.807, 2.05) is 26.0 Å². The summed E-state index contributed by atoms with van der Waals surface area (Å²) in [5, 5.41) is 10.1. The van der Waals surface area contributed by atoms with Crippen molar-refractivity contribution in [2.24, 2.45) is 0 Å². The van der Waals surface area contributed by atoms with Crippen molar-refractivity contribution in [1.29, 1.82) is 0 Å². The van der Waals surface area contributed by atoms with Crippen molar-refractivity contribution in [2.75, 3.05) is 5.32 Å². The van der Waals surface area contributed by atoms with E-state index < -0.39 is 0 Å². The summed E-state index contributed by atoms with van der Waals surface area (Å²) in [6.45, 7) is 3.91. The molecule has 0 radical (unpaired) electrons. The lowest BCUT2D eigenvalue weighted by Gasteiger charge is -2.03. The molecule has 0 bridgehead atoms. The quantitative estimate of drug-likeness (QED) is 0.894. The lowest BCUT2D eigenvalue weighted by atomic mass is 10.1. The van der Waals surface area contributed by atoms with E-state index in [0.717, 1.165) is 17.7 Å². The molecule has 0 atom stereocenters. The highest BCUT2D eigenvalue weighted by Crippen LogP contribution is 2.16. The van der Waals surface area contributed by atoms with Crippen LogP contribution in [0.2, 0.25) is 5.02 Å². The molecule has 2 N–H and O–H groups in total. The Bertz CT molecular complexity index is 557. The fraction of sp³-hybridized carbons (Fsp3) is 0.231. The van der Waals surface area contributed by atoms with E-state index in [0.29, 0.717) is 16.4 Å². The van der Waals surface area contributed by atoms with Crippen LogP contribution in [-0.4, -0.2) is 16.1 Å².